The predicted octanol–water partition coefficient (Wildman–Crippen LogP) is 3.70. The van der Waals surface area contributed by atoms with Crippen LogP contribution in [0.2, 0.25) is 0 Å². The smallest absolute Gasteiger partial charge is 0.161 e. The third-order valence-electron chi connectivity index (χ3n) is 4.52. The van der Waals surface area contributed by atoms with Crippen LogP contribution in [0, 0.1) is 0 Å². The molecule has 0 radical (unpaired) electrons. The van der Waals surface area contributed by atoms with Gasteiger partial charge in [-0.3, -0.25) is 5.10 Å². The van der Waals surface area contributed by atoms with Gasteiger partial charge in [0.05, 0.1) is 19.4 Å². The number of hydrogen-bond acceptors (Lipinski definition) is 5. The third kappa shape index (κ3) is 3.68. The first-order valence-electron chi connectivity index (χ1n) is 8.93. The summed E-state index contributed by atoms with van der Waals surface area (Å²) in [6.07, 6.45) is 11.6. The van der Waals surface area contributed by atoms with Crippen molar-refractivity contribution in [3.05, 3.63) is 66.7 Å². The lowest BCUT2D eigenvalue weighted by Crippen LogP contribution is -2.25. The van der Waals surface area contributed by atoms with Gasteiger partial charge in [-0.15, -0.1) is 0 Å². The standard InChI is InChI=1S/C20H22N6O/c1-3-5-6-14(4-2)11-26-8-7-16-20(26)23-19(10-21-16)22-18-9-17(24-25-18)15-12-27-13-15/h3-10,15H,2,11-13H2,1H3,(H2,22,23,24,25)/b5-3-,14-6+. The summed E-state index contributed by atoms with van der Waals surface area (Å²) in [5, 5.41) is 10.6. The molecule has 0 aromatic carbocycles. The molecule has 0 atom stereocenters. The maximum absolute atomic E-state index is 5.23. The second-order valence-electron chi connectivity index (χ2n) is 6.45. The van der Waals surface area contributed by atoms with Gasteiger partial charge in [0.1, 0.15) is 5.52 Å². The van der Waals surface area contributed by atoms with E-state index in [1.165, 1.54) is 0 Å². The number of ether oxygens (including phenoxy) is 1. The minimum Gasteiger partial charge on any atom is -0.380 e. The van der Waals surface area contributed by atoms with Crippen molar-refractivity contribution < 1.29 is 4.74 Å². The first kappa shape index (κ1) is 17.2. The van der Waals surface area contributed by atoms with Gasteiger partial charge < -0.3 is 14.6 Å². The predicted molar refractivity (Wildman–Crippen MR) is 106 cm³/mol. The molecule has 3 aromatic rings. The molecule has 138 valence electrons. The van der Waals surface area contributed by atoms with Crippen LogP contribution in [-0.2, 0) is 11.3 Å². The summed E-state index contributed by atoms with van der Waals surface area (Å²) in [5.74, 6) is 1.78. The molecule has 0 spiro atoms. The van der Waals surface area contributed by atoms with Crippen molar-refractivity contribution in [2.45, 2.75) is 19.4 Å². The lowest BCUT2D eigenvalue weighted by Gasteiger charge is -2.24. The average molecular weight is 362 g/mol. The number of fused-ring (bicyclic) bond motifs is 1. The van der Waals surface area contributed by atoms with Gasteiger partial charge in [0.15, 0.2) is 17.3 Å². The summed E-state index contributed by atoms with van der Waals surface area (Å²) in [7, 11) is 0. The number of hydrogen-bond donors (Lipinski definition) is 2. The van der Waals surface area contributed by atoms with Gasteiger partial charge in [-0.1, -0.05) is 30.9 Å². The van der Waals surface area contributed by atoms with E-state index < -0.39 is 0 Å². The molecule has 2 N–H and O–H groups in total. The van der Waals surface area contributed by atoms with Crippen LogP contribution in [0.15, 0.2) is 61.0 Å². The molecular weight excluding hydrogens is 340 g/mol. The SMILES string of the molecule is C=C/C(=C\C=C/C)Cn1ccc2ncc(Nc3cc(C4COC4)[nH]n3)nc21. The van der Waals surface area contributed by atoms with Crippen molar-refractivity contribution >= 4 is 22.8 Å². The van der Waals surface area contributed by atoms with Gasteiger partial charge in [-0.25, -0.2) is 9.97 Å². The molecule has 1 aliphatic rings. The molecular formula is C20H22N6O. The minimum atomic E-state index is 0.403. The van der Waals surface area contributed by atoms with E-state index in [1.807, 2.05) is 49.6 Å². The number of allylic oxidation sites excluding steroid dienone is 5. The van der Waals surface area contributed by atoms with E-state index >= 15 is 0 Å². The quantitative estimate of drug-likeness (QED) is 0.627. The molecule has 0 aliphatic carbocycles. The number of aromatic nitrogens is 5. The Kier molecular flexibility index (Phi) is 4.84. The molecule has 1 aliphatic heterocycles. The molecule has 4 rings (SSSR count). The van der Waals surface area contributed by atoms with Crippen molar-refractivity contribution in [2.75, 3.05) is 18.5 Å². The van der Waals surface area contributed by atoms with Gasteiger partial charge in [0.2, 0.25) is 0 Å². The van der Waals surface area contributed by atoms with E-state index in [-0.39, 0.29) is 0 Å². The van der Waals surface area contributed by atoms with Crippen LogP contribution in [0.4, 0.5) is 11.6 Å². The summed E-state index contributed by atoms with van der Waals surface area (Å²) in [5.41, 5.74) is 3.84. The third-order valence-corrected chi connectivity index (χ3v) is 4.52. The van der Waals surface area contributed by atoms with E-state index in [9.17, 15) is 0 Å². The molecule has 3 aromatic heterocycles. The molecule has 1 fully saturated rings. The van der Waals surface area contributed by atoms with E-state index in [0.717, 1.165) is 41.5 Å². The molecule has 0 amide bonds. The number of anilines is 2. The number of nitrogens with zero attached hydrogens (tertiary/aromatic N) is 4. The summed E-state index contributed by atoms with van der Waals surface area (Å²) < 4.78 is 7.29. The fourth-order valence-electron chi connectivity index (χ4n) is 2.89. The highest BCUT2D eigenvalue weighted by Gasteiger charge is 2.22. The van der Waals surface area contributed by atoms with Crippen molar-refractivity contribution in [3.8, 4) is 0 Å². The van der Waals surface area contributed by atoms with Crippen molar-refractivity contribution in [1.29, 1.82) is 0 Å². The minimum absolute atomic E-state index is 0.403. The number of H-pyrrole nitrogens is 1. The number of rotatable bonds is 7. The lowest BCUT2D eigenvalue weighted by atomic mass is 10.0. The van der Waals surface area contributed by atoms with Crippen molar-refractivity contribution in [2.24, 2.45) is 0 Å². The lowest BCUT2D eigenvalue weighted by molar-refractivity contribution is 0.00670. The number of nitrogens with one attached hydrogen (secondary N) is 2. The summed E-state index contributed by atoms with van der Waals surface area (Å²) in [4.78, 5) is 9.22. The zero-order chi connectivity index (χ0) is 18.6. The monoisotopic (exact) mass is 362 g/mol. The highest BCUT2D eigenvalue weighted by Crippen LogP contribution is 2.25. The van der Waals surface area contributed by atoms with Crippen LogP contribution in [0.3, 0.4) is 0 Å². The second-order valence-corrected chi connectivity index (χ2v) is 6.45. The largest absolute Gasteiger partial charge is 0.380 e. The molecule has 1 saturated heterocycles. The first-order chi connectivity index (χ1) is 13.3. The van der Waals surface area contributed by atoms with E-state index in [4.69, 9.17) is 9.72 Å². The van der Waals surface area contributed by atoms with Crippen molar-refractivity contribution in [3.63, 3.8) is 0 Å². The van der Waals surface area contributed by atoms with Crippen LogP contribution < -0.4 is 5.32 Å². The van der Waals surface area contributed by atoms with Crippen molar-refractivity contribution in [1.82, 2.24) is 24.7 Å². The van der Waals surface area contributed by atoms with Gasteiger partial charge in [0, 0.05) is 30.4 Å². The fourth-order valence-corrected chi connectivity index (χ4v) is 2.89. The molecule has 4 heterocycles. The maximum Gasteiger partial charge on any atom is 0.161 e. The highest BCUT2D eigenvalue weighted by atomic mass is 16.5. The zero-order valence-electron chi connectivity index (χ0n) is 15.2. The van der Waals surface area contributed by atoms with Gasteiger partial charge >= 0.3 is 0 Å². The molecule has 0 saturated carbocycles. The second kappa shape index (κ2) is 7.59. The van der Waals surface area contributed by atoms with Crippen LogP contribution in [-0.4, -0.2) is 37.9 Å². The first-order valence-corrected chi connectivity index (χ1v) is 8.93. The summed E-state index contributed by atoms with van der Waals surface area (Å²) in [6, 6.07) is 3.96. The van der Waals surface area contributed by atoms with Crippen LogP contribution in [0.25, 0.3) is 11.2 Å². The molecule has 0 unspecified atom stereocenters. The number of aromatic amines is 1. The van der Waals surface area contributed by atoms with E-state index in [1.54, 1.807) is 6.20 Å². The van der Waals surface area contributed by atoms with Crippen LogP contribution in [0.5, 0.6) is 0 Å². The van der Waals surface area contributed by atoms with E-state index in [2.05, 4.69) is 31.6 Å². The topological polar surface area (TPSA) is 80.6 Å². The van der Waals surface area contributed by atoms with Gasteiger partial charge in [-0.05, 0) is 18.6 Å². The Morgan fingerprint density at radius 3 is 3.07 bits per heavy atom. The zero-order valence-corrected chi connectivity index (χ0v) is 15.2. The van der Waals surface area contributed by atoms with Crippen LogP contribution >= 0.6 is 0 Å². The maximum atomic E-state index is 5.23. The Balaban J connectivity index is 1.56. The van der Waals surface area contributed by atoms with E-state index in [0.29, 0.717) is 18.3 Å². The normalized spacial score (nSPS) is 15.4. The van der Waals surface area contributed by atoms with Crippen LogP contribution in [0.1, 0.15) is 18.5 Å². The summed E-state index contributed by atoms with van der Waals surface area (Å²) in [6.45, 7) is 8.05. The Bertz CT molecular complexity index is 1010. The Labute approximate surface area is 157 Å². The molecule has 7 nitrogen and oxygen atoms in total. The molecule has 27 heavy (non-hydrogen) atoms. The van der Waals surface area contributed by atoms with Gasteiger partial charge in [0.25, 0.3) is 0 Å². The molecule has 7 heteroatoms. The fraction of sp³-hybridized carbons (Fsp3) is 0.250. The summed E-state index contributed by atoms with van der Waals surface area (Å²) >= 11 is 0. The molecule has 0 bridgehead atoms. The Hall–Kier alpha value is -3.19. The average Bonchev–Trinajstić information content (AvgIpc) is 3.24. The Morgan fingerprint density at radius 2 is 2.33 bits per heavy atom. The van der Waals surface area contributed by atoms with Gasteiger partial charge in [-0.2, -0.15) is 5.10 Å². The highest BCUT2D eigenvalue weighted by molar-refractivity contribution is 5.73. The Morgan fingerprint density at radius 1 is 1.44 bits per heavy atom.